The summed E-state index contributed by atoms with van der Waals surface area (Å²) in [7, 11) is 0. The van der Waals surface area contributed by atoms with E-state index in [-0.39, 0.29) is 22.2 Å². The van der Waals surface area contributed by atoms with Gasteiger partial charge >= 0.3 is 5.97 Å². The fourth-order valence-electron chi connectivity index (χ4n) is 1.40. The van der Waals surface area contributed by atoms with E-state index in [1.807, 2.05) is 0 Å². The summed E-state index contributed by atoms with van der Waals surface area (Å²) >= 11 is 5.55. The first kappa shape index (κ1) is 12.2. The Hall–Kier alpha value is -2.27. The van der Waals surface area contributed by atoms with Crippen LogP contribution in [0.15, 0.2) is 40.8 Å². The van der Waals surface area contributed by atoms with E-state index in [0.29, 0.717) is 0 Å². The van der Waals surface area contributed by atoms with Gasteiger partial charge in [-0.1, -0.05) is 12.1 Å². The monoisotopic (exact) mass is 265 g/mol. The smallest absolute Gasteiger partial charge is 0.337 e. The molecule has 5 nitrogen and oxygen atoms in total. The summed E-state index contributed by atoms with van der Waals surface area (Å²) in [5, 5.41) is 11.5. The molecule has 0 fully saturated rings. The van der Waals surface area contributed by atoms with E-state index >= 15 is 0 Å². The summed E-state index contributed by atoms with van der Waals surface area (Å²) in [6, 6.07) is 8.92. The fraction of sp³-hybridized carbons (Fsp3) is 0. The van der Waals surface area contributed by atoms with Crippen LogP contribution in [0.5, 0.6) is 0 Å². The third-order valence-electron chi connectivity index (χ3n) is 2.20. The van der Waals surface area contributed by atoms with Crippen LogP contribution in [0.25, 0.3) is 0 Å². The maximum atomic E-state index is 11.7. The van der Waals surface area contributed by atoms with E-state index in [2.05, 4.69) is 5.32 Å². The predicted octanol–water partition coefficient (Wildman–Crippen LogP) is 2.88. The first-order valence-electron chi connectivity index (χ1n) is 4.97. The van der Waals surface area contributed by atoms with Crippen LogP contribution in [-0.2, 0) is 0 Å². The van der Waals surface area contributed by atoms with Gasteiger partial charge in [0.25, 0.3) is 5.91 Å². The van der Waals surface area contributed by atoms with Crippen molar-refractivity contribution < 1.29 is 19.1 Å². The number of para-hydroxylation sites is 1. The van der Waals surface area contributed by atoms with Gasteiger partial charge in [0.2, 0.25) is 0 Å². The summed E-state index contributed by atoms with van der Waals surface area (Å²) in [6.45, 7) is 0. The number of halogens is 1. The highest BCUT2D eigenvalue weighted by Gasteiger charge is 2.15. The Balaban J connectivity index is 2.24. The van der Waals surface area contributed by atoms with Crippen molar-refractivity contribution in [2.75, 3.05) is 5.32 Å². The molecule has 1 amide bonds. The molecule has 1 aromatic carbocycles. The molecule has 92 valence electrons. The molecule has 0 radical (unpaired) electrons. The van der Waals surface area contributed by atoms with Crippen LogP contribution >= 0.6 is 11.6 Å². The molecule has 2 rings (SSSR count). The van der Waals surface area contributed by atoms with Crippen molar-refractivity contribution in [1.82, 2.24) is 0 Å². The number of nitrogens with one attached hydrogen (secondary N) is 1. The van der Waals surface area contributed by atoms with Gasteiger partial charge in [0.1, 0.15) is 0 Å². The zero-order chi connectivity index (χ0) is 13.1. The molecule has 0 atom stereocenters. The highest BCUT2D eigenvalue weighted by molar-refractivity contribution is 6.29. The molecule has 0 unspecified atom stereocenters. The zero-order valence-corrected chi connectivity index (χ0v) is 9.77. The number of carbonyl (C=O) groups is 2. The van der Waals surface area contributed by atoms with Crippen LogP contribution in [0, 0.1) is 0 Å². The second-order valence-corrected chi connectivity index (χ2v) is 3.78. The molecule has 0 bridgehead atoms. The number of amides is 1. The minimum atomic E-state index is -1.12. The quantitative estimate of drug-likeness (QED) is 0.894. The van der Waals surface area contributed by atoms with Crippen LogP contribution in [-0.4, -0.2) is 17.0 Å². The molecular formula is C12H8ClNO4. The van der Waals surface area contributed by atoms with Crippen molar-refractivity contribution in [2.24, 2.45) is 0 Å². The van der Waals surface area contributed by atoms with Crippen molar-refractivity contribution in [2.45, 2.75) is 0 Å². The van der Waals surface area contributed by atoms with Gasteiger partial charge in [-0.3, -0.25) is 4.79 Å². The number of furan rings is 1. The highest BCUT2D eigenvalue weighted by atomic mass is 35.5. The van der Waals surface area contributed by atoms with Gasteiger partial charge in [-0.05, 0) is 35.9 Å². The Bertz CT molecular complexity index is 606. The average molecular weight is 266 g/mol. The van der Waals surface area contributed by atoms with Crippen molar-refractivity contribution in [3.63, 3.8) is 0 Å². The Morgan fingerprint density at radius 3 is 2.50 bits per heavy atom. The topological polar surface area (TPSA) is 79.5 Å². The van der Waals surface area contributed by atoms with Crippen LogP contribution in [0.4, 0.5) is 5.69 Å². The molecule has 2 aromatic rings. The van der Waals surface area contributed by atoms with E-state index in [4.69, 9.17) is 21.1 Å². The van der Waals surface area contributed by atoms with Gasteiger partial charge in [0, 0.05) is 0 Å². The minimum Gasteiger partial charge on any atom is -0.478 e. The lowest BCUT2D eigenvalue weighted by Crippen LogP contribution is -2.13. The van der Waals surface area contributed by atoms with Gasteiger partial charge in [-0.15, -0.1) is 0 Å². The number of carboxylic acid groups (broad SMARTS) is 1. The van der Waals surface area contributed by atoms with Crippen molar-refractivity contribution in [1.29, 1.82) is 0 Å². The second kappa shape index (κ2) is 4.93. The summed E-state index contributed by atoms with van der Waals surface area (Å²) in [4.78, 5) is 22.7. The summed E-state index contributed by atoms with van der Waals surface area (Å²) < 4.78 is 4.92. The number of benzene rings is 1. The Kier molecular flexibility index (Phi) is 3.34. The molecular weight excluding hydrogens is 258 g/mol. The van der Waals surface area contributed by atoms with Crippen LogP contribution in [0.3, 0.4) is 0 Å². The third kappa shape index (κ3) is 2.52. The van der Waals surface area contributed by atoms with Crippen LogP contribution in [0.1, 0.15) is 20.9 Å². The Labute approximate surface area is 107 Å². The SMILES string of the molecule is O=C(Nc1ccccc1C(=O)O)c1ccc(Cl)o1. The third-order valence-corrected chi connectivity index (χ3v) is 2.41. The first-order chi connectivity index (χ1) is 8.58. The van der Waals surface area contributed by atoms with Crippen molar-refractivity contribution in [3.05, 3.63) is 52.9 Å². The van der Waals surface area contributed by atoms with E-state index < -0.39 is 11.9 Å². The number of anilines is 1. The second-order valence-electron chi connectivity index (χ2n) is 3.41. The molecule has 0 aliphatic rings. The minimum absolute atomic E-state index is 0.00324. The molecule has 0 spiro atoms. The number of hydrogen-bond donors (Lipinski definition) is 2. The number of hydrogen-bond acceptors (Lipinski definition) is 3. The summed E-state index contributed by atoms with van der Waals surface area (Å²) in [6.07, 6.45) is 0. The lowest BCUT2D eigenvalue weighted by molar-refractivity contribution is 0.0698. The van der Waals surface area contributed by atoms with E-state index in [9.17, 15) is 9.59 Å². The van der Waals surface area contributed by atoms with Crippen molar-refractivity contribution >= 4 is 29.2 Å². The highest BCUT2D eigenvalue weighted by Crippen LogP contribution is 2.18. The number of carboxylic acids is 1. The lowest BCUT2D eigenvalue weighted by Gasteiger charge is -2.06. The molecule has 1 heterocycles. The largest absolute Gasteiger partial charge is 0.478 e. The first-order valence-corrected chi connectivity index (χ1v) is 5.35. The molecule has 18 heavy (non-hydrogen) atoms. The van der Waals surface area contributed by atoms with Gasteiger partial charge < -0.3 is 14.8 Å². The van der Waals surface area contributed by atoms with E-state index in [1.54, 1.807) is 12.1 Å². The molecule has 1 aromatic heterocycles. The maximum Gasteiger partial charge on any atom is 0.337 e. The molecule has 0 aliphatic heterocycles. The van der Waals surface area contributed by atoms with Crippen molar-refractivity contribution in [3.8, 4) is 0 Å². The number of carbonyl (C=O) groups excluding carboxylic acids is 1. The van der Waals surface area contributed by atoms with Gasteiger partial charge in [-0.2, -0.15) is 0 Å². The molecule has 0 saturated heterocycles. The standard InChI is InChI=1S/C12H8ClNO4/c13-10-6-5-9(18-10)11(15)14-8-4-2-1-3-7(8)12(16)17/h1-6H,(H,14,15)(H,16,17). The zero-order valence-electron chi connectivity index (χ0n) is 9.01. The number of rotatable bonds is 3. The summed E-state index contributed by atoms with van der Waals surface area (Å²) in [5.41, 5.74) is 0.200. The van der Waals surface area contributed by atoms with Gasteiger partial charge in [0.15, 0.2) is 11.0 Å². The fourth-order valence-corrected chi connectivity index (χ4v) is 1.54. The Morgan fingerprint density at radius 2 is 1.89 bits per heavy atom. The average Bonchev–Trinajstić information content (AvgIpc) is 2.76. The van der Waals surface area contributed by atoms with E-state index in [1.165, 1.54) is 24.3 Å². The molecule has 2 N–H and O–H groups in total. The lowest BCUT2D eigenvalue weighted by atomic mass is 10.2. The van der Waals surface area contributed by atoms with E-state index in [0.717, 1.165) is 0 Å². The molecule has 0 saturated carbocycles. The summed E-state index contributed by atoms with van der Waals surface area (Å²) in [5.74, 6) is -1.67. The predicted molar refractivity (Wildman–Crippen MR) is 65.1 cm³/mol. The van der Waals surface area contributed by atoms with Crippen LogP contribution < -0.4 is 5.32 Å². The Morgan fingerprint density at radius 1 is 1.17 bits per heavy atom. The number of aromatic carboxylic acids is 1. The normalized spacial score (nSPS) is 10.1. The van der Waals surface area contributed by atoms with Gasteiger partial charge in [-0.25, -0.2) is 4.79 Å². The molecule has 0 aliphatic carbocycles. The van der Waals surface area contributed by atoms with Crippen LogP contribution in [0.2, 0.25) is 5.22 Å². The maximum absolute atomic E-state index is 11.7. The molecule has 6 heteroatoms. The van der Waals surface area contributed by atoms with Gasteiger partial charge in [0.05, 0.1) is 11.3 Å².